The number of halogens is 4. The number of nitrogens with zero attached hydrogens (tertiary/aromatic N) is 1. The van der Waals surface area contributed by atoms with Crippen LogP contribution in [0.5, 0.6) is 5.75 Å². The molecule has 1 aromatic heterocycles. The molecule has 2 aromatic rings. The number of benzene rings is 1. The summed E-state index contributed by atoms with van der Waals surface area (Å²) in [6, 6.07) is 3.27. The summed E-state index contributed by atoms with van der Waals surface area (Å²) in [5.41, 5.74) is 0.143. The van der Waals surface area contributed by atoms with Gasteiger partial charge in [-0.15, -0.1) is 11.3 Å². The zero-order chi connectivity index (χ0) is 13.8. The maximum absolute atomic E-state index is 13.1. The van der Waals surface area contributed by atoms with Crippen LogP contribution in [0.25, 0.3) is 0 Å². The van der Waals surface area contributed by atoms with Gasteiger partial charge in [0.25, 0.3) is 0 Å². The highest BCUT2D eigenvalue weighted by molar-refractivity contribution is 7.15. The van der Waals surface area contributed by atoms with Crippen LogP contribution in [0.4, 0.5) is 18.9 Å². The predicted octanol–water partition coefficient (Wildman–Crippen LogP) is 4.15. The van der Waals surface area contributed by atoms with Gasteiger partial charge in [0.15, 0.2) is 4.47 Å². The molecule has 0 amide bonds. The van der Waals surface area contributed by atoms with Crippen molar-refractivity contribution in [1.29, 1.82) is 0 Å². The number of thiazole rings is 1. The second-order valence-corrected chi connectivity index (χ2v) is 5.15. The third-order valence-electron chi connectivity index (χ3n) is 2.14. The Bertz CT molecular complexity index is 565. The maximum Gasteiger partial charge on any atom is 0.387 e. The SMILES string of the molecule is Fc1ccc(OC(F)F)c(NCc2cnc(Cl)s2)c1. The molecule has 0 aliphatic carbocycles. The van der Waals surface area contributed by atoms with E-state index in [0.717, 1.165) is 23.1 Å². The van der Waals surface area contributed by atoms with Gasteiger partial charge in [0.1, 0.15) is 11.6 Å². The largest absolute Gasteiger partial charge is 0.433 e. The van der Waals surface area contributed by atoms with E-state index in [1.54, 1.807) is 6.20 Å². The molecule has 0 saturated heterocycles. The van der Waals surface area contributed by atoms with Crippen molar-refractivity contribution in [2.75, 3.05) is 5.32 Å². The molecule has 0 bridgehead atoms. The normalized spacial score (nSPS) is 10.8. The molecule has 1 N–H and O–H groups in total. The van der Waals surface area contributed by atoms with E-state index in [0.29, 0.717) is 4.47 Å². The summed E-state index contributed by atoms with van der Waals surface area (Å²) in [6.45, 7) is -2.68. The van der Waals surface area contributed by atoms with Gasteiger partial charge in [0, 0.05) is 17.1 Å². The minimum absolute atomic E-state index is 0.119. The molecule has 0 aliphatic heterocycles. The van der Waals surface area contributed by atoms with Crippen molar-refractivity contribution in [3.63, 3.8) is 0 Å². The number of hydrogen-bond donors (Lipinski definition) is 1. The lowest BCUT2D eigenvalue weighted by molar-refractivity contribution is -0.0494. The van der Waals surface area contributed by atoms with Crippen LogP contribution in [0.15, 0.2) is 24.4 Å². The van der Waals surface area contributed by atoms with E-state index in [4.69, 9.17) is 11.6 Å². The Kier molecular flexibility index (Phi) is 4.49. The predicted molar refractivity (Wildman–Crippen MR) is 67.5 cm³/mol. The van der Waals surface area contributed by atoms with E-state index in [2.05, 4.69) is 15.0 Å². The van der Waals surface area contributed by atoms with Crippen LogP contribution in [-0.2, 0) is 6.54 Å². The Hall–Kier alpha value is -1.47. The summed E-state index contributed by atoms with van der Waals surface area (Å²) in [7, 11) is 0. The molecular formula is C11H8ClF3N2OS. The Morgan fingerprint density at radius 3 is 2.84 bits per heavy atom. The maximum atomic E-state index is 13.1. The average Bonchev–Trinajstić information content (AvgIpc) is 2.75. The van der Waals surface area contributed by atoms with Crippen molar-refractivity contribution in [3.05, 3.63) is 39.6 Å². The zero-order valence-corrected chi connectivity index (χ0v) is 10.9. The number of anilines is 1. The highest BCUT2D eigenvalue weighted by atomic mass is 35.5. The molecule has 1 heterocycles. The molecule has 19 heavy (non-hydrogen) atoms. The van der Waals surface area contributed by atoms with Crippen molar-refractivity contribution in [2.24, 2.45) is 0 Å². The van der Waals surface area contributed by atoms with E-state index in [1.165, 1.54) is 11.3 Å². The van der Waals surface area contributed by atoms with Gasteiger partial charge < -0.3 is 10.1 Å². The molecule has 1 aromatic carbocycles. The molecule has 0 aliphatic rings. The molecule has 2 rings (SSSR count). The van der Waals surface area contributed by atoms with Crippen molar-refractivity contribution >= 4 is 28.6 Å². The Balaban J connectivity index is 2.11. The lowest BCUT2D eigenvalue weighted by Crippen LogP contribution is -2.06. The average molecular weight is 309 g/mol. The molecule has 0 atom stereocenters. The van der Waals surface area contributed by atoms with Crippen LogP contribution in [0.1, 0.15) is 4.88 Å². The van der Waals surface area contributed by atoms with Crippen molar-refractivity contribution in [3.8, 4) is 5.75 Å². The van der Waals surface area contributed by atoms with Gasteiger partial charge in [-0.25, -0.2) is 9.37 Å². The first-order valence-electron chi connectivity index (χ1n) is 5.13. The molecule has 102 valence electrons. The van der Waals surface area contributed by atoms with Gasteiger partial charge in [-0.05, 0) is 12.1 Å². The summed E-state index contributed by atoms with van der Waals surface area (Å²) in [4.78, 5) is 4.63. The number of ether oxygens (including phenoxy) is 1. The Labute approximate surface area is 116 Å². The second-order valence-electron chi connectivity index (χ2n) is 3.45. The van der Waals surface area contributed by atoms with Gasteiger partial charge in [0.2, 0.25) is 0 Å². The Morgan fingerprint density at radius 1 is 1.42 bits per heavy atom. The molecular weight excluding hydrogens is 301 g/mol. The molecule has 0 unspecified atom stereocenters. The number of alkyl halides is 2. The summed E-state index contributed by atoms with van der Waals surface area (Å²) in [5.74, 6) is -0.668. The number of nitrogens with one attached hydrogen (secondary N) is 1. The number of hydrogen-bond acceptors (Lipinski definition) is 4. The fourth-order valence-electron chi connectivity index (χ4n) is 1.39. The van der Waals surface area contributed by atoms with Gasteiger partial charge in [-0.3, -0.25) is 0 Å². The van der Waals surface area contributed by atoms with Crippen LogP contribution >= 0.6 is 22.9 Å². The van der Waals surface area contributed by atoms with E-state index in [-0.39, 0.29) is 18.0 Å². The van der Waals surface area contributed by atoms with Crippen LogP contribution in [0.2, 0.25) is 4.47 Å². The van der Waals surface area contributed by atoms with Gasteiger partial charge >= 0.3 is 6.61 Å². The lowest BCUT2D eigenvalue weighted by Gasteiger charge is -2.12. The van der Waals surface area contributed by atoms with Crippen LogP contribution in [0, 0.1) is 5.82 Å². The van der Waals surface area contributed by atoms with Crippen LogP contribution in [0.3, 0.4) is 0 Å². The third-order valence-corrected chi connectivity index (χ3v) is 3.25. The van der Waals surface area contributed by atoms with E-state index in [1.807, 2.05) is 0 Å². The van der Waals surface area contributed by atoms with Crippen molar-refractivity contribution < 1.29 is 17.9 Å². The van der Waals surface area contributed by atoms with Crippen molar-refractivity contribution in [1.82, 2.24) is 4.98 Å². The quantitative estimate of drug-likeness (QED) is 0.901. The summed E-state index contributed by atoms with van der Waals surface area (Å²) < 4.78 is 42.2. The van der Waals surface area contributed by atoms with Crippen molar-refractivity contribution in [2.45, 2.75) is 13.2 Å². The van der Waals surface area contributed by atoms with E-state index < -0.39 is 12.4 Å². The topological polar surface area (TPSA) is 34.1 Å². The second kappa shape index (κ2) is 6.12. The first-order chi connectivity index (χ1) is 9.04. The smallest absolute Gasteiger partial charge is 0.387 e. The first kappa shape index (κ1) is 14.0. The van der Waals surface area contributed by atoms with E-state index in [9.17, 15) is 13.2 Å². The number of aromatic nitrogens is 1. The minimum Gasteiger partial charge on any atom is -0.433 e. The molecule has 8 heteroatoms. The number of rotatable bonds is 5. The molecule has 3 nitrogen and oxygen atoms in total. The highest BCUT2D eigenvalue weighted by Crippen LogP contribution is 2.28. The third kappa shape index (κ3) is 4.00. The lowest BCUT2D eigenvalue weighted by atomic mass is 10.3. The molecule has 0 fully saturated rings. The Morgan fingerprint density at radius 2 is 2.21 bits per heavy atom. The standard InChI is InChI=1S/C11H8ClF3N2OS/c12-10-17-5-7(19-10)4-16-8-3-6(13)1-2-9(8)18-11(14)15/h1-3,5,11,16H,4H2. The van der Waals surface area contributed by atoms with Crippen LogP contribution < -0.4 is 10.1 Å². The first-order valence-corrected chi connectivity index (χ1v) is 6.32. The fourth-order valence-corrected chi connectivity index (χ4v) is 2.30. The molecule has 0 spiro atoms. The van der Waals surface area contributed by atoms with Gasteiger partial charge in [-0.2, -0.15) is 8.78 Å². The van der Waals surface area contributed by atoms with Crippen LogP contribution in [-0.4, -0.2) is 11.6 Å². The van der Waals surface area contributed by atoms with Gasteiger partial charge in [-0.1, -0.05) is 11.6 Å². The fraction of sp³-hybridized carbons (Fsp3) is 0.182. The van der Waals surface area contributed by atoms with E-state index >= 15 is 0 Å². The minimum atomic E-state index is -2.97. The monoisotopic (exact) mass is 308 g/mol. The zero-order valence-electron chi connectivity index (χ0n) is 9.37. The molecule has 0 radical (unpaired) electrons. The summed E-state index contributed by atoms with van der Waals surface area (Å²) in [6.07, 6.45) is 1.55. The highest BCUT2D eigenvalue weighted by Gasteiger charge is 2.11. The molecule has 0 saturated carbocycles. The summed E-state index contributed by atoms with van der Waals surface area (Å²) in [5, 5.41) is 2.80. The summed E-state index contributed by atoms with van der Waals surface area (Å²) >= 11 is 6.90. The van der Waals surface area contributed by atoms with Gasteiger partial charge in [0.05, 0.1) is 12.2 Å².